The van der Waals surface area contributed by atoms with Crippen LogP contribution in [-0.4, -0.2) is 15.0 Å². The molecule has 0 bridgehead atoms. The van der Waals surface area contributed by atoms with E-state index < -0.39 is 0 Å². The van der Waals surface area contributed by atoms with Gasteiger partial charge >= 0.3 is 0 Å². The van der Waals surface area contributed by atoms with Crippen LogP contribution in [0.4, 0.5) is 0 Å². The van der Waals surface area contributed by atoms with Gasteiger partial charge in [0.25, 0.3) is 0 Å². The van der Waals surface area contributed by atoms with Gasteiger partial charge < -0.3 is 4.42 Å². The van der Waals surface area contributed by atoms with Gasteiger partial charge in [-0.2, -0.15) is 0 Å². The summed E-state index contributed by atoms with van der Waals surface area (Å²) >= 11 is 0. The van der Waals surface area contributed by atoms with Gasteiger partial charge in [-0.05, 0) is 73.3 Å². The number of aromatic nitrogens is 3. The van der Waals surface area contributed by atoms with Crippen LogP contribution >= 0.6 is 0 Å². The molecule has 4 heteroatoms. The molecule has 256 valence electrons. The van der Waals surface area contributed by atoms with Gasteiger partial charge in [0.2, 0.25) is 0 Å². The Morgan fingerprint density at radius 2 is 0.745 bits per heavy atom. The van der Waals surface area contributed by atoms with Gasteiger partial charge in [0.05, 0.1) is 0 Å². The standard InChI is InChI=1S/C51H31N3O/c1-3-13-34(14-4-1)49-52-50(35-15-5-2-6-16-35)54-51(53-49)48-43-22-12-10-20-40(43)39-19-9-11-21-42(39)47(48)33-25-23-32(24-26-33)38-27-28-41-44-29-36-17-7-8-18-37(36)30-46(44)55-45(41)31-38/h1-31H. The lowest BCUT2D eigenvalue weighted by atomic mass is 9.87. The van der Waals surface area contributed by atoms with Crippen LogP contribution in [0.5, 0.6) is 0 Å². The molecule has 0 aliphatic heterocycles. The Morgan fingerprint density at radius 1 is 0.273 bits per heavy atom. The van der Waals surface area contributed by atoms with Crippen molar-refractivity contribution in [3.05, 3.63) is 188 Å². The molecule has 0 N–H and O–H groups in total. The van der Waals surface area contributed by atoms with Crippen molar-refractivity contribution in [3.63, 3.8) is 0 Å². The molecule has 2 heterocycles. The Bertz CT molecular complexity index is 3180. The molecule has 0 saturated carbocycles. The SMILES string of the molecule is c1ccc(-c2nc(-c3ccccc3)nc(-c3c(-c4ccc(-c5ccc6c(c5)oc5cc7ccccc7cc56)cc4)c4ccccc4c4ccccc34)n2)cc1. The largest absolute Gasteiger partial charge is 0.456 e. The van der Waals surface area contributed by atoms with E-state index in [0.29, 0.717) is 17.5 Å². The van der Waals surface area contributed by atoms with E-state index in [4.69, 9.17) is 19.4 Å². The molecule has 2 aromatic heterocycles. The third kappa shape index (κ3) is 5.26. The molecule has 0 atom stereocenters. The Kier molecular flexibility index (Phi) is 7.14. The number of rotatable bonds is 5. The smallest absolute Gasteiger partial charge is 0.165 e. The van der Waals surface area contributed by atoms with Crippen LogP contribution in [0.25, 0.3) is 111 Å². The first-order valence-corrected chi connectivity index (χ1v) is 18.5. The first kappa shape index (κ1) is 31.1. The number of benzene rings is 9. The molecule has 0 fully saturated rings. The molecule has 0 unspecified atom stereocenters. The van der Waals surface area contributed by atoms with Crippen LogP contribution < -0.4 is 0 Å². The van der Waals surface area contributed by atoms with Crippen LogP contribution in [0, 0.1) is 0 Å². The van der Waals surface area contributed by atoms with Gasteiger partial charge in [0, 0.05) is 33.0 Å². The Hall–Kier alpha value is -7.43. The number of nitrogens with zero attached hydrogens (tertiary/aromatic N) is 3. The minimum absolute atomic E-state index is 0.636. The van der Waals surface area contributed by atoms with E-state index in [-0.39, 0.29) is 0 Å². The molecule has 11 rings (SSSR count). The first-order chi connectivity index (χ1) is 27.2. The number of furan rings is 1. The molecule has 4 nitrogen and oxygen atoms in total. The average Bonchev–Trinajstić information content (AvgIpc) is 3.62. The highest BCUT2D eigenvalue weighted by molar-refractivity contribution is 6.21. The maximum Gasteiger partial charge on any atom is 0.165 e. The zero-order valence-electron chi connectivity index (χ0n) is 29.6. The summed E-state index contributed by atoms with van der Waals surface area (Å²) < 4.78 is 6.43. The van der Waals surface area contributed by atoms with Crippen molar-refractivity contribution in [2.75, 3.05) is 0 Å². The molecular weight excluding hydrogens is 671 g/mol. The van der Waals surface area contributed by atoms with E-state index in [1.807, 2.05) is 36.4 Å². The third-order valence-corrected chi connectivity index (χ3v) is 10.7. The predicted molar refractivity (Wildman–Crippen MR) is 227 cm³/mol. The molecule has 0 saturated heterocycles. The molecule has 11 aromatic rings. The summed E-state index contributed by atoms with van der Waals surface area (Å²) in [6, 6.07) is 65.8. The summed E-state index contributed by atoms with van der Waals surface area (Å²) in [7, 11) is 0. The number of hydrogen-bond donors (Lipinski definition) is 0. The van der Waals surface area contributed by atoms with E-state index in [9.17, 15) is 0 Å². The monoisotopic (exact) mass is 701 g/mol. The summed E-state index contributed by atoms with van der Waals surface area (Å²) in [4.78, 5) is 15.5. The molecule has 9 aromatic carbocycles. The summed E-state index contributed by atoms with van der Waals surface area (Å²) in [5.74, 6) is 1.91. The zero-order chi connectivity index (χ0) is 36.3. The van der Waals surface area contributed by atoms with Crippen molar-refractivity contribution in [2.45, 2.75) is 0 Å². The van der Waals surface area contributed by atoms with E-state index in [1.54, 1.807) is 0 Å². The van der Waals surface area contributed by atoms with Gasteiger partial charge in [-0.15, -0.1) is 0 Å². The minimum atomic E-state index is 0.636. The summed E-state index contributed by atoms with van der Waals surface area (Å²) in [6.07, 6.45) is 0. The fraction of sp³-hybridized carbons (Fsp3) is 0. The van der Waals surface area contributed by atoms with Gasteiger partial charge in [0.1, 0.15) is 11.2 Å². The first-order valence-electron chi connectivity index (χ1n) is 18.5. The average molecular weight is 702 g/mol. The lowest BCUT2D eigenvalue weighted by molar-refractivity contribution is 0.669. The van der Waals surface area contributed by atoms with E-state index in [1.165, 1.54) is 16.2 Å². The summed E-state index contributed by atoms with van der Waals surface area (Å²) in [5, 5.41) is 9.22. The predicted octanol–water partition coefficient (Wildman–Crippen LogP) is 13.6. The van der Waals surface area contributed by atoms with Crippen molar-refractivity contribution in [1.29, 1.82) is 0 Å². The fourth-order valence-electron chi connectivity index (χ4n) is 8.06. The quantitative estimate of drug-likeness (QED) is 0.168. The molecule has 55 heavy (non-hydrogen) atoms. The second kappa shape index (κ2) is 12.6. The molecule has 0 aliphatic carbocycles. The van der Waals surface area contributed by atoms with Gasteiger partial charge in [0.15, 0.2) is 17.5 Å². The van der Waals surface area contributed by atoms with Gasteiger partial charge in [-0.1, -0.05) is 164 Å². The summed E-state index contributed by atoms with van der Waals surface area (Å²) in [5.41, 5.74) is 9.03. The molecule has 0 radical (unpaired) electrons. The van der Waals surface area contributed by atoms with Crippen LogP contribution in [0.2, 0.25) is 0 Å². The number of hydrogen-bond acceptors (Lipinski definition) is 4. The van der Waals surface area contributed by atoms with Crippen molar-refractivity contribution in [1.82, 2.24) is 15.0 Å². The maximum atomic E-state index is 6.43. The Morgan fingerprint density at radius 3 is 1.38 bits per heavy atom. The van der Waals surface area contributed by atoms with Crippen LogP contribution in [0.3, 0.4) is 0 Å². The van der Waals surface area contributed by atoms with Crippen LogP contribution in [-0.2, 0) is 0 Å². The highest BCUT2D eigenvalue weighted by Gasteiger charge is 2.22. The second-order valence-corrected chi connectivity index (χ2v) is 14.0. The number of fused-ring (bicyclic) bond motifs is 7. The lowest BCUT2D eigenvalue weighted by Crippen LogP contribution is -2.02. The fourth-order valence-corrected chi connectivity index (χ4v) is 8.06. The van der Waals surface area contributed by atoms with E-state index in [2.05, 4.69) is 152 Å². The van der Waals surface area contributed by atoms with E-state index >= 15 is 0 Å². The highest BCUT2D eigenvalue weighted by atomic mass is 16.3. The Balaban J connectivity index is 1.11. The molecular formula is C51H31N3O. The lowest BCUT2D eigenvalue weighted by Gasteiger charge is -2.18. The molecule has 0 amide bonds. The summed E-state index contributed by atoms with van der Waals surface area (Å²) in [6.45, 7) is 0. The topological polar surface area (TPSA) is 51.8 Å². The van der Waals surface area contributed by atoms with E-state index in [0.717, 1.165) is 77.0 Å². The van der Waals surface area contributed by atoms with Gasteiger partial charge in [-0.3, -0.25) is 0 Å². The van der Waals surface area contributed by atoms with Crippen molar-refractivity contribution in [3.8, 4) is 56.4 Å². The van der Waals surface area contributed by atoms with Crippen LogP contribution in [0.15, 0.2) is 192 Å². The zero-order valence-corrected chi connectivity index (χ0v) is 29.6. The third-order valence-electron chi connectivity index (χ3n) is 10.7. The van der Waals surface area contributed by atoms with Crippen LogP contribution in [0.1, 0.15) is 0 Å². The van der Waals surface area contributed by atoms with Crippen molar-refractivity contribution >= 4 is 54.3 Å². The second-order valence-electron chi connectivity index (χ2n) is 14.0. The maximum absolute atomic E-state index is 6.43. The normalized spacial score (nSPS) is 11.6. The van der Waals surface area contributed by atoms with Crippen molar-refractivity contribution in [2.24, 2.45) is 0 Å². The minimum Gasteiger partial charge on any atom is -0.456 e. The van der Waals surface area contributed by atoms with Crippen molar-refractivity contribution < 1.29 is 4.42 Å². The molecule has 0 aliphatic rings. The molecule has 0 spiro atoms. The van der Waals surface area contributed by atoms with Gasteiger partial charge in [-0.25, -0.2) is 15.0 Å². The Labute approximate surface area is 317 Å². The highest BCUT2D eigenvalue weighted by Crippen LogP contribution is 2.45.